The van der Waals surface area contributed by atoms with Crippen LogP contribution < -0.4 is 11.3 Å². The third kappa shape index (κ3) is 2.46. The summed E-state index contributed by atoms with van der Waals surface area (Å²) < 4.78 is 14.7. The maximum atomic E-state index is 13.5. The summed E-state index contributed by atoms with van der Waals surface area (Å²) in [5.41, 5.74) is 7.06. The van der Waals surface area contributed by atoms with E-state index in [1.807, 2.05) is 0 Å². The van der Waals surface area contributed by atoms with Crippen molar-refractivity contribution in [1.82, 2.24) is 9.78 Å². The molecule has 1 aromatic carbocycles. The van der Waals surface area contributed by atoms with Crippen molar-refractivity contribution in [1.29, 1.82) is 0 Å². The van der Waals surface area contributed by atoms with Crippen LogP contribution >= 0.6 is 0 Å². The van der Waals surface area contributed by atoms with Crippen LogP contribution in [0.2, 0.25) is 0 Å². The van der Waals surface area contributed by atoms with Gasteiger partial charge in [0.1, 0.15) is 5.82 Å². The smallest absolute Gasteiger partial charge is 0.267 e. The molecular formula is C13H14FN3O. The van der Waals surface area contributed by atoms with Crippen molar-refractivity contribution in [2.24, 2.45) is 5.73 Å². The lowest BCUT2D eigenvalue weighted by molar-refractivity contribution is 0.566. The highest BCUT2D eigenvalue weighted by molar-refractivity contribution is 5.19. The van der Waals surface area contributed by atoms with Crippen LogP contribution in [-0.4, -0.2) is 9.78 Å². The third-order valence-corrected chi connectivity index (χ3v) is 2.79. The largest absolute Gasteiger partial charge is 0.326 e. The van der Waals surface area contributed by atoms with Crippen molar-refractivity contribution in [2.45, 2.75) is 20.0 Å². The lowest BCUT2D eigenvalue weighted by atomic mass is 10.2. The first-order valence-electron chi connectivity index (χ1n) is 5.63. The molecule has 2 rings (SSSR count). The number of hydrogen-bond donors (Lipinski definition) is 1. The first kappa shape index (κ1) is 12.4. The molecule has 0 fully saturated rings. The molecule has 18 heavy (non-hydrogen) atoms. The van der Waals surface area contributed by atoms with Gasteiger partial charge in [0.05, 0.1) is 12.2 Å². The fraction of sp³-hybridized carbons (Fsp3) is 0.231. The molecule has 2 N–H and O–H groups in total. The first-order valence-corrected chi connectivity index (χ1v) is 5.63. The second kappa shape index (κ2) is 5.10. The van der Waals surface area contributed by atoms with E-state index in [-0.39, 0.29) is 24.5 Å². The van der Waals surface area contributed by atoms with Gasteiger partial charge < -0.3 is 5.73 Å². The lowest BCUT2D eigenvalue weighted by Crippen LogP contribution is -2.25. The van der Waals surface area contributed by atoms with E-state index in [1.165, 1.54) is 16.8 Å². The molecular weight excluding hydrogens is 233 g/mol. The zero-order valence-electron chi connectivity index (χ0n) is 10.1. The highest BCUT2D eigenvalue weighted by Crippen LogP contribution is 2.07. The Kier molecular flexibility index (Phi) is 3.53. The van der Waals surface area contributed by atoms with E-state index in [0.29, 0.717) is 16.8 Å². The van der Waals surface area contributed by atoms with Gasteiger partial charge in [-0.2, -0.15) is 5.10 Å². The first-order chi connectivity index (χ1) is 8.61. The van der Waals surface area contributed by atoms with E-state index in [9.17, 15) is 9.18 Å². The lowest BCUT2D eigenvalue weighted by Gasteiger charge is -2.08. The molecule has 0 aliphatic heterocycles. The highest BCUT2D eigenvalue weighted by Gasteiger charge is 2.07. The topological polar surface area (TPSA) is 60.9 Å². The van der Waals surface area contributed by atoms with Gasteiger partial charge in [-0.15, -0.1) is 0 Å². The summed E-state index contributed by atoms with van der Waals surface area (Å²) in [5.74, 6) is -0.341. The van der Waals surface area contributed by atoms with Gasteiger partial charge in [-0.3, -0.25) is 4.79 Å². The summed E-state index contributed by atoms with van der Waals surface area (Å²) in [6, 6.07) is 7.78. The molecule has 2 aromatic rings. The van der Waals surface area contributed by atoms with Crippen LogP contribution in [0.5, 0.6) is 0 Å². The van der Waals surface area contributed by atoms with Crippen molar-refractivity contribution in [3.63, 3.8) is 0 Å². The van der Waals surface area contributed by atoms with Crippen molar-refractivity contribution in [3.05, 3.63) is 63.3 Å². The monoisotopic (exact) mass is 247 g/mol. The highest BCUT2D eigenvalue weighted by atomic mass is 19.1. The standard InChI is InChI=1S/C13H14FN3O/c1-9-11(7-15)6-13(18)17(16-9)8-10-4-2-3-5-12(10)14/h2-6H,7-8,15H2,1H3. The molecule has 0 radical (unpaired) electrons. The summed E-state index contributed by atoms with van der Waals surface area (Å²) in [4.78, 5) is 11.8. The van der Waals surface area contributed by atoms with Crippen LogP contribution in [-0.2, 0) is 13.1 Å². The summed E-state index contributed by atoms with van der Waals surface area (Å²) in [6.45, 7) is 2.17. The van der Waals surface area contributed by atoms with Gasteiger partial charge in [0.25, 0.3) is 5.56 Å². The van der Waals surface area contributed by atoms with Crippen molar-refractivity contribution in [3.8, 4) is 0 Å². The maximum absolute atomic E-state index is 13.5. The molecule has 4 nitrogen and oxygen atoms in total. The minimum atomic E-state index is -0.341. The Hall–Kier alpha value is -2.01. The van der Waals surface area contributed by atoms with Gasteiger partial charge in [-0.1, -0.05) is 18.2 Å². The van der Waals surface area contributed by atoms with E-state index in [0.717, 1.165) is 0 Å². The molecule has 5 heteroatoms. The molecule has 0 aliphatic carbocycles. The second-order valence-corrected chi connectivity index (χ2v) is 4.05. The van der Waals surface area contributed by atoms with E-state index in [2.05, 4.69) is 5.10 Å². The average Bonchev–Trinajstić information content (AvgIpc) is 2.36. The Morgan fingerprint density at radius 1 is 1.33 bits per heavy atom. The van der Waals surface area contributed by atoms with Crippen LogP contribution in [0.3, 0.4) is 0 Å². The number of hydrogen-bond acceptors (Lipinski definition) is 3. The summed E-state index contributed by atoms with van der Waals surface area (Å²) in [6.07, 6.45) is 0. The summed E-state index contributed by atoms with van der Waals surface area (Å²) in [5, 5.41) is 4.14. The fourth-order valence-electron chi connectivity index (χ4n) is 1.73. The van der Waals surface area contributed by atoms with Gasteiger partial charge in [-0.05, 0) is 18.6 Å². The zero-order chi connectivity index (χ0) is 13.1. The number of nitrogens with zero attached hydrogens (tertiary/aromatic N) is 2. The number of rotatable bonds is 3. The molecule has 0 saturated carbocycles. The molecule has 0 amide bonds. The Morgan fingerprint density at radius 2 is 2.06 bits per heavy atom. The van der Waals surface area contributed by atoms with E-state index in [1.54, 1.807) is 25.1 Å². The summed E-state index contributed by atoms with van der Waals surface area (Å²) >= 11 is 0. The van der Waals surface area contributed by atoms with E-state index < -0.39 is 0 Å². The van der Waals surface area contributed by atoms with Gasteiger partial charge in [0.2, 0.25) is 0 Å². The van der Waals surface area contributed by atoms with E-state index in [4.69, 9.17) is 5.73 Å². The van der Waals surface area contributed by atoms with Crippen molar-refractivity contribution < 1.29 is 4.39 Å². The molecule has 94 valence electrons. The van der Waals surface area contributed by atoms with Crippen LogP contribution in [0.4, 0.5) is 4.39 Å². The molecule has 0 unspecified atom stereocenters. The zero-order valence-corrected chi connectivity index (χ0v) is 10.1. The van der Waals surface area contributed by atoms with Gasteiger partial charge in [0.15, 0.2) is 0 Å². The van der Waals surface area contributed by atoms with Gasteiger partial charge >= 0.3 is 0 Å². The Bertz CT molecular complexity index is 622. The number of aromatic nitrogens is 2. The number of aryl methyl sites for hydroxylation is 1. The number of benzene rings is 1. The molecule has 1 heterocycles. The molecule has 0 spiro atoms. The van der Waals surface area contributed by atoms with Gasteiger partial charge in [-0.25, -0.2) is 9.07 Å². The molecule has 0 bridgehead atoms. The minimum Gasteiger partial charge on any atom is -0.326 e. The van der Waals surface area contributed by atoms with Crippen molar-refractivity contribution in [2.75, 3.05) is 0 Å². The van der Waals surface area contributed by atoms with Gasteiger partial charge in [0, 0.05) is 18.2 Å². The fourth-order valence-corrected chi connectivity index (χ4v) is 1.73. The Morgan fingerprint density at radius 3 is 2.72 bits per heavy atom. The number of nitrogens with two attached hydrogens (primary N) is 1. The number of halogens is 1. The quantitative estimate of drug-likeness (QED) is 0.886. The van der Waals surface area contributed by atoms with Crippen LogP contribution in [0.25, 0.3) is 0 Å². The predicted octanol–water partition coefficient (Wildman–Crippen LogP) is 1.20. The normalized spacial score (nSPS) is 10.6. The molecule has 0 atom stereocenters. The van der Waals surface area contributed by atoms with Crippen molar-refractivity contribution >= 4 is 0 Å². The van der Waals surface area contributed by atoms with Crippen LogP contribution in [0.15, 0.2) is 35.1 Å². The van der Waals surface area contributed by atoms with Crippen LogP contribution in [0, 0.1) is 12.7 Å². The minimum absolute atomic E-state index is 0.122. The Balaban J connectivity index is 2.39. The summed E-state index contributed by atoms with van der Waals surface area (Å²) in [7, 11) is 0. The Labute approximate surface area is 104 Å². The molecule has 0 aliphatic rings. The third-order valence-electron chi connectivity index (χ3n) is 2.79. The molecule has 1 aromatic heterocycles. The molecule has 0 saturated heterocycles. The van der Waals surface area contributed by atoms with E-state index >= 15 is 0 Å². The maximum Gasteiger partial charge on any atom is 0.267 e. The predicted molar refractivity (Wildman–Crippen MR) is 66.6 cm³/mol. The SMILES string of the molecule is Cc1nn(Cc2ccccc2F)c(=O)cc1CN. The second-order valence-electron chi connectivity index (χ2n) is 4.05. The average molecular weight is 247 g/mol. The van der Waals surface area contributed by atoms with Crippen LogP contribution in [0.1, 0.15) is 16.8 Å².